The molecule has 1 fully saturated rings. The molecule has 1 aliphatic heterocycles. The van der Waals surface area contributed by atoms with Crippen LogP contribution in [0.3, 0.4) is 0 Å². The van der Waals surface area contributed by atoms with Crippen molar-refractivity contribution in [3.63, 3.8) is 0 Å². The average Bonchev–Trinajstić information content (AvgIpc) is 2.70. The number of carbonyl (C=O) groups excluding carboxylic acids is 2. The van der Waals surface area contributed by atoms with Gasteiger partial charge in [-0.3, -0.25) is 14.5 Å². The van der Waals surface area contributed by atoms with Crippen LogP contribution < -0.4 is 5.32 Å². The van der Waals surface area contributed by atoms with Gasteiger partial charge in [-0.25, -0.2) is 0 Å². The van der Waals surface area contributed by atoms with Crippen molar-refractivity contribution in [1.29, 1.82) is 0 Å². The molecule has 1 aliphatic rings. The number of ether oxygens (including phenoxy) is 1. The zero-order valence-electron chi connectivity index (χ0n) is 11.1. The van der Waals surface area contributed by atoms with Gasteiger partial charge in [0.15, 0.2) is 0 Å². The summed E-state index contributed by atoms with van der Waals surface area (Å²) in [5.74, 6) is -0.209. The largest absolute Gasteiger partial charge is 0.469 e. The second-order valence-electron chi connectivity index (χ2n) is 4.59. The summed E-state index contributed by atoms with van der Waals surface area (Å²) in [4.78, 5) is 24.5. The third-order valence-electron chi connectivity index (χ3n) is 3.33. The molecule has 1 N–H and O–H groups in total. The lowest BCUT2D eigenvalue weighted by molar-refractivity contribution is -0.141. The number of methoxy groups -OCH3 is 1. The van der Waals surface area contributed by atoms with Gasteiger partial charge in [-0.2, -0.15) is 0 Å². The minimum Gasteiger partial charge on any atom is -0.469 e. The van der Waals surface area contributed by atoms with Crippen molar-refractivity contribution in [1.82, 2.24) is 10.2 Å². The highest BCUT2D eigenvalue weighted by Crippen LogP contribution is 2.26. The van der Waals surface area contributed by atoms with Crippen molar-refractivity contribution >= 4 is 11.9 Å². The van der Waals surface area contributed by atoms with E-state index in [4.69, 9.17) is 4.74 Å². The molecule has 5 nitrogen and oxygen atoms in total. The van der Waals surface area contributed by atoms with Gasteiger partial charge in [0, 0.05) is 32.1 Å². The van der Waals surface area contributed by atoms with Crippen LogP contribution >= 0.6 is 0 Å². The molecule has 0 saturated carbocycles. The topological polar surface area (TPSA) is 58.6 Å². The van der Waals surface area contributed by atoms with Crippen molar-refractivity contribution in [2.75, 3.05) is 20.2 Å². The summed E-state index contributed by atoms with van der Waals surface area (Å²) >= 11 is 0. The zero-order valence-corrected chi connectivity index (χ0v) is 11.1. The highest BCUT2D eigenvalue weighted by Gasteiger charge is 2.33. The Bertz CT molecular complexity index is 317. The molecule has 102 valence electrons. The third kappa shape index (κ3) is 4.14. The number of nitrogens with one attached hydrogen (secondary N) is 1. The first kappa shape index (κ1) is 14.7. The summed E-state index contributed by atoms with van der Waals surface area (Å²) in [6.45, 7) is 6.61. The van der Waals surface area contributed by atoms with E-state index in [0.717, 1.165) is 19.4 Å². The van der Waals surface area contributed by atoms with Crippen molar-refractivity contribution in [2.45, 2.75) is 38.3 Å². The van der Waals surface area contributed by atoms with Crippen LogP contribution in [0.5, 0.6) is 0 Å². The normalized spacial score (nSPS) is 23.7. The summed E-state index contributed by atoms with van der Waals surface area (Å²) in [5, 5.41) is 2.83. The van der Waals surface area contributed by atoms with Gasteiger partial charge >= 0.3 is 5.97 Å². The van der Waals surface area contributed by atoms with Crippen LogP contribution in [0, 0.1) is 0 Å². The Labute approximate surface area is 108 Å². The lowest BCUT2D eigenvalue weighted by Gasteiger charge is -2.28. The summed E-state index contributed by atoms with van der Waals surface area (Å²) in [5.41, 5.74) is 0. The fourth-order valence-corrected chi connectivity index (χ4v) is 2.44. The number of amides is 1. The van der Waals surface area contributed by atoms with Crippen LogP contribution in [0.1, 0.15) is 26.2 Å². The lowest BCUT2D eigenvalue weighted by Crippen LogP contribution is -2.43. The molecule has 2 atom stereocenters. The van der Waals surface area contributed by atoms with E-state index in [9.17, 15) is 9.59 Å². The first-order valence-corrected chi connectivity index (χ1v) is 6.26. The van der Waals surface area contributed by atoms with Crippen molar-refractivity contribution in [3.05, 3.63) is 12.7 Å². The van der Waals surface area contributed by atoms with E-state index in [1.807, 2.05) is 6.08 Å². The van der Waals surface area contributed by atoms with Crippen molar-refractivity contribution in [2.24, 2.45) is 0 Å². The maximum Gasteiger partial charge on any atom is 0.307 e. The molecule has 18 heavy (non-hydrogen) atoms. The molecule has 0 bridgehead atoms. The molecule has 0 radical (unpaired) electrons. The Balaban J connectivity index is 2.56. The van der Waals surface area contributed by atoms with E-state index >= 15 is 0 Å². The third-order valence-corrected chi connectivity index (χ3v) is 3.33. The van der Waals surface area contributed by atoms with E-state index in [-0.39, 0.29) is 24.0 Å². The van der Waals surface area contributed by atoms with Gasteiger partial charge in [-0.1, -0.05) is 6.08 Å². The van der Waals surface area contributed by atoms with E-state index < -0.39 is 0 Å². The molecule has 0 aromatic carbocycles. The number of carbonyl (C=O) groups is 2. The highest BCUT2D eigenvalue weighted by molar-refractivity contribution is 5.72. The molecular formula is C13H22N2O3. The monoisotopic (exact) mass is 254 g/mol. The van der Waals surface area contributed by atoms with Crippen LogP contribution in [0.2, 0.25) is 0 Å². The number of rotatable bonds is 6. The molecule has 0 aromatic heterocycles. The number of hydrogen-bond acceptors (Lipinski definition) is 4. The summed E-state index contributed by atoms with van der Waals surface area (Å²) in [6, 6.07) is 0.468. The fourth-order valence-electron chi connectivity index (χ4n) is 2.44. The quantitative estimate of drug-likeness (QED) is 0.560. The van der Waals surface area contributed by atoms with Crippen LogP contribution in [0.15, 0.2) is 12.7 Å². The fraction of sp³-hybridized carbons (Fsp3) is 0.692. The molecule has 0 aromatic rings. The molecule has 1 rings (SSSR count). The van der Waals surface area contributed by atoms with E-state index in [2.05, 4.69) is 16.8 Å². The molecule has 1 saturated heterocycles. The van der Waals surface area contributed by atoms with E-state index in [1.54, 1.807) is 0 Å². The molecular weight excluding hydrogens is 232 g/mol. The Hall–Kier alpha value is -1.36. The van der Waals surface area contributed by atoms with Gasteiger partial charge in [-0.15, -0.1) is 6.58 Å². The molecule has 1 heterocycles. The minimum atomic E-state index is -0.186. The summed E-state index contributed by atoms with van der Waals surface area (Å²) in [7, 11) is 1.41. The number of hydrogen-bond donors (Lipinski definition) is 1. The van der Waals surface area contributed by atoms with Crippen LogP contribution in [-0.2, 0) is 14.3 Å². The Kier molecular flexibility index (Phi) is 5.85. The van der Waals surface area contributed by atoms with Gasteiger partial charge < -0.3 is 10.1 Å². The first-order valence-electron chi connectivity index (χ1n) is 6.26. The van der Waals surface area contributed by atoms with Crippen LogP contribution in [-0.4, -0.2) is 49.1 Å². The first-order chi connectivity index (χ1) is 8.58. The van der Waals surface area contributed by atoms with Crippen LogP contribution in [0.4, 0.5) is 0 Å². The second-order valence-corrected chi connectivity index (χ2v) is 4.59. The van der Waals surface area contributed by atoms with Gasteiger partial charge in [0.1, 0.15) is 0 Å². The molecule has 5 heteroatoms. The number of esters is 1. The molecule has 0 aliphatic carbocycles. The molecule has 0 unspecified atom stereocenters. The number of nitrogens with zero attached hydrogens (tertiary/aromatic N) is 1. The van der Waals surface area contributed by atoms with E-state index in [0.29, 0.717) is 13.0 Å². The standard InChI is InChI=1S/C13H22N2O3/c1-4-7-15-11(8-13(17)18-3)5-6-12(15)9-14-10(2)16/h4,11-12H,1,5-9H2,2-3H3,(H,14,16)/t11-,12+/m1/s1. The predicted molar refractivity (Wildman–Crippen MR) is 69.0 cm³/mol. The Morgan fingerprint density at radius 3 is 2.67 bits per heavy atom. The average molecular weight is 254 g/mol. The maximum atomic E-state index is 11.3. The molecule has 1 amide bonds. The summed E-state index contributed by atoms with van der Waals surface area (Å²) in [6.07, 6.45) is 4.17. The second kappa shape index (κ2) is 7.16. The SMILES string of the molecule is C=CCN1[C@@H](CC(=O)OC)CC[C@H]1CNC(C)=O. The van der Waals surface area contributed by atoms with Gasteiger partial charge in [0.05, 0.1) is 13.5 Å². The van der Waals surface area contributed by atoms with Gasteiger partial charge in [0.2, 0.25) is 5.91 Å². The van der Waals surface area contributed by atoms with Crippen LogP contribution in [0.25, 0.3) is 0 Å². The number of likely N-dealkylation sites (tertiary alicyclic amines) is 1. The Morgan fingerprint density at radius 1 is 1.44 bits per heavy atom. The highest BCUT2D eigenvalue weighted by atomic mass is 16.5. The minimum absolute atomic E-state index is 0.0232. The lowest BCUT2D eigenvalue weighted by atomic mass is 10.1. The van der Waals surface area contributed by atoms with Crippen molar-refractivity contribution < 1.29 is 14.3 Å². The predicted octanol–water partition coefficient (Wildman–Crippen LogP) is 0.705. The Morgan fingerprint density at radius 2 is 2.11 bits per heavy atom. The van der Waals surface area contributed by atoms with Gasteiger partial charge in [0.25, 0.3) is 0 Å². The molecule has 0 spiro atoms. The van der Waals surface area contributed by atoms with E-state index in [1.165, 1.54) is 14.0 Å². The maximum absolute atomic E-state index is 11.3. The summed E-state index contributed by atoms with van der Waals surface area (Å²) < 4.78 is 4.71. The van der Waals surface area contributed by atoms with Gasteiger partial charge in [-0.05, 0) is 12.8 Å². The zero-order chi connectivity index (χ0) is 13.5. The van der Waals surface area contributed by atoms with Crippen molar-refractivity contribution in [3.8, 4) is 0 Å². The smallest absolute Gasteiger partial charge is 0.307 e.